The summed E-state index contributed by atoms with van der Waals surface area (Å²) >= 11 is 0. The summed E-state index contributed by atoms with van der Waals surface area (Å²) < 4.78 is 11.4. The Labute approximate surface area is 144 Å². The van der Waals surface area contributed by atoms with E-state index in [1.165, 1.54) is 12.0 Å². The zero-order valence-electron chi connectivity index (χ0n) is 14.7. The fourth-order valence-electron chi connectivity index (χ4n) is 3.74. The smallest absolute Gasteiger partial charge is 0.317 e. The van der Waals surface area contributed by atoms with Crippen molar-refractivity contribution in [2.75, 3.05) is 26.8 Å². The van der Waals surface area contributed by atoms with Gasteiger partial charge >= 0.3 is 6.03 Å². The fourth-order valence-corrected chi connectivity index (χ4v) is 3.74. The number of ether oxygens (including phenoxy) is 2. The molecule has 1 aromatic carbocycles. The van der Waals surface area contributed by atoms with Gasteiger partial charge in [-0.3, -0.25) is 0 Å². The van der Waals surface area contributed by atoms with Gasteiger partial charge in [0.05, 0.1) is 30.9 Å². The number of rotatable bonds is 5. The van der Waals surface area contributed by atoms with Crippen molar-refractivity contribution in [2.24, 2.45) is 0 Å². The molecular formula is C19H28N2O3. The summed E-state index contributed by atoms with van der Waals surface area (Å²) in [7, 11) is 1.67. The highest BCUT2D eigenvalue weighted by Gasteiger charge is 2.45. The van der Waals surface area contributed by atoms with Crippen LogP contribution in [0.5, 0.6) is 0 Å². The summed E-state index contributed by atoms with van der Waals surface area (Å²) in [5.41, 5.74) is 1.11. The molecule has 1 saturated heterocycles. The quantitative estimate of drug-likeness (QED) is 0.902. The Morgan fingerprint density at radius 1 is 1.42 bits per heavy atom. The number of benzene rings is 1. The third-order valence-electron chi connectivity index (χ3n) is 4.98. The van der Waals surface area contributed by atoms with Crippen LogP contribution in [0.25, 0.3) is 0 Å². The predicted molar refractivity (Wildman–Crippen MR) is 93.0 cm³/mol. The van der Waals surface area contributed by atoms with Crippen LogP contribution in [0.15, 0.2) is 30.3 Å². The second kappa shape index (κ2) is 7.53. The first kappa shape index (κ1) is 17.2. The molecule has 2 unspecified atom stereocenters. The molecule has 24 heavy (non-hydrogen) atoms. The van der Waals surface area contributed by atoms with Gasteiger partial charge in [0, 0.05) is 13.7 Å². The van der Waals surface area contributed by atoms with Gasteiger partial charge in [0.25, 0.3) is 0 Å². The zero-order valence-corrected chi connectivity index (χ0v) is 14.7. The Morgan fingerprint density at radius 2 is 2.17 bits per heavy atom. The topological polar surface area (TPSA) is 50.8 Å². The van der Waals surface area contributed by atoms with Gasteiger partial charge in [-0.2, -0.15) is 0 Å². The molecule has 1 N–H and O–H groups in total. The molecule has 5 nitrogen and oxygen atoms in total. The van der Waals surface area contributed by atoms with Gasteiger partial charge in [-0.15, -0.1) is 0 Å². The van der Waals surface area contributed by atoms with Gasteiger partial charge in [-0.1, -0.05) is 30.3 Å². The lowest BCUT2D eigenvalue weighted by molar-refractivity contribution is -0.175. The van der Waals surface area contributed by atoms with E-state index in [1.54, 1.807) is 7.11 Å². The number of morpholine rings is 1. The molecule has 1 aromatic rings. The van der Waals surface area contributed by atoms with Crippen molar-refractivity contribution in [1.29, 1.82) is 0 Å². The monoisotopic (exact) mass is 332 g/mol. The Hall–Kier alpha value is -1.59. The number of urea groups is 1. The van der Waals surface area contributed by atoms with Gasteiger partial charge in [0.2, 0.25) is 0 Å². The summed E-state index contributed by atoms with van der Waals surface area (Å²) in [6.45, 7) is 3.91. The van der Waals surface area contributed by atoms with E-state index >= 15 is 0 Å². The first-order chi connectivity index (χ1) is 11.6. The number of methoxy groups -OCH3 is 1. The Balaban J connectivity index is 1.60. The number of hydrogen-bond donors (Lipinski definition) is 1. The largest absolute Gasteiger partial charge is 0.383 e. The van der Waals surface area contributed by atoms with E-state index in [4.69, 9.17) is 9.47 Å². The molecule has 0 aromatic heterocycles. The standard InChI is InChI=1S/C19H28N2O3/c1-15-12-21(14-19(24-15)9-6-10-19)18(22)20-17(13-23-2)11-16-7-4-3-5-8-16/h3-5,7-8,15,17H,6,9-14H2,1-2H3,(H,20,22). The maximum Gasteiger partial charge on any atom is 0.317 e. The minimum absolute atomic E-state index is 0.00518. The maximum absolute atomic E-state index is 12.8. The van der Waals surface area contributed by atoms with E-state index in [1.807, 2.05) is 23.1 Å². The summed E-state index contributed by atoms with van der Waals surface area (Å²) in [4.78, 5) is 14.7. The maximum atomic E-state index is 12.8. The molecule has 0 bridgehead atoms. The molecule has 3 rings (SSSR count). The normalized spacial score (nSPS) is 23.6. The number of nitrogens with zero attached hydrogens (tertiary/aromatic N) is 1. The molecule has 1 saturated carbocycles. The van der Waals surface area contributed by atoms with Crippen molar-refractivity contribution in [3.8, 4) is 0 Å². The van der Waals surface area contributed by atoms with Crippen LogP contribution in [-0.4, -0.2) is 55.5 Å². The molecule has 2 amide bonds. The number of carbonyl (C=O) groups excluding carboxylic acids is 1. The number of carbonyl (C=O) groups is 1. The van der Waals surface area contributed by atoms with Crippen molar-refractivity contribution in [2.45, 2.75) is 50.4 Å². The van der Waals surface area contributed by atoms with E-state index in [0.717, 1.165) is 19.3 Å². The highest BCUT2D eigenvalue weighted by molar-refractivity contribution is 5.75. The van der Waals surface area contributed by atoms with Crippen LogP contribution in [0.3, 0.4) is 0 Å². The van der Waals surface area contributed by atoms with Crippen LogP contribution in [0.1, 0.15) is 31.7 Å². The molecule has 5 heteroatoms. The summed E-state index contributed by atoms with van der Waals surface area (Å²) in [6.07, 6.45) is 4.19. The fraction of sp³-hybridized carbons (Fsp3) is 0.632. The second-order valence-corrected chi connectivity index (χ2v) is 7.14. The summed E-state index contributed by atoms with van der Waals surface area (Å²) in [6, 6.07) is 10.2. The molecule has 2 fully saturated rings. The number of nitrogens with one attached hydrogen (secondary N) is 1. The van der Waals surface area contributed by atoms with E-state index in [0.29, 0.717) is 19.7 Å². The number of hydrogen-bond acceptors (Lipinski definition) is 3. The molecule has 1 spiro atoms. The van der Waals surface area contributed by atoms with Crippen molar-refractivity contribution in [3.05, 3.63) is 35.9 Å². The van der Waals surface area contributed by atoms with Crippen molar-refractivity contribution < 1.29 is 14.3 Å². The highest BCUT2D eigenvalue weighted by Crippen LogP contribution is 2.39. The lowest BCUT2D eigenvalue weighted by Crippen LogP contribution is -2.62. The summed E-state index contributed by atoms with van der Waals surface area (Å²) in [5.74, 6) is 0. The van der Waals surface area contributed by atoms with Crippen LogP contribution in [0.4, 0.5) is 4.79 Å². The van der Waals surface area contributed by atoms with Gasteiger partial charge in [0.15, 0.2) is 0 Å². The third-order valence-corrected chi connectivity index (χ3v) is 4.98. The average Bonchev–Trinajstić information content (AvgIpc) is 2.54. The molecule has 2 aliphatic rings. The Morgan fingerprint density at radius 3 is 2.79 bits per heavy atom. The molecule has 1 aliphatic carbocycles. The van der Waals surface area contributed by atoms with E-state index < -0.39 is 0 Å². The van der Waals surface area contributed by atoms with Crippen LogP contribution in [0, 0.1) is 0 Å². The first-order valence-corrected chi connectivity index (χ1v) is 8.86. The van der Waals surface area contributed by atoms with Crippen LogP contribution < -0.4 is 5.32 Å². The third kappa shape index (κ3) is 4.08. The minimum atomic E-state index is -0.0921. The minimum Gasteiger partial charge on any atom is -0.383 e. The molecule has 132 valence electrons. The SMILES string of the molecule is COCC(Cc1ccccc1)NC(=O)N1CC(C)OC2(CCC2)C1. The lowest BCUT2D eigenvalue weighted by atomic mass is 9.78. The van der Waals surface area contributed by atoms with Gasteiger partial charge in [0.1, 0.15) is 0 Å². The van der Waals surface area contributed by atoms with Gasteiger partial charge in [-0.05, 0) is 38.2 Å². The predicted octanol–water partition coefficient (Wildman–Crippen LogP) is 2.60. The van der Waals surface area contributed by atoms with Crippen molar-refractivity contribution in [1.82, 2.24) is 10.2 Å². The molecule has 1 heterocycles. The highest BCUT2D eigenvalue weighted by atomic mass is 16.5. The Kier molecular flexibility index (Phi) is 5.41. The van der Waals surface area contributed by atoms with Crippen molar-refractivity contribution >= 4 is 6.03 Å². The van der Waals surface area contributed by atoms with Gasteiger partial charge < -0.3 is 19.7 Å². The lowest BCUT2D eigenvalue weighted by Gasteiger charge is -2.50. The molecule has 1 aliphatic heterocycles. The number of amides is 2. The second-order valence-electron chi connectivity index (χ2n) is 7.14. The zero-order chi connectivity index (χ0) is 17.0. The van der Waals surface area contributed by atoms with Crippen LogP contribution in [0.2, 0.25) is 0 Å². The summed E-state index contributed by atoms with van der Waals surface area (Å²) in [5, 5.41) is 3.15. The van der Waals surface area contributed by atoms with E-state index in [2.05, 4.69) is 24.4 Å². The van der Waals surface area contributed by atoms with E-state index in [-0.39, 0.29) is 23.8 Å². The van der Waals surface area contributed by atoms with Gasteiger partial charge in [-0.25, -0.2) is 4.79 Å². The molecular weight excluding hydrogens is 304 g/mol. The van der Waals surface area contributed by atoms with Crippen LogP contribution >= 0.6 is 0 Å². The van der Waals surface area contributed by atoms with Crippen LogP contribution in [-0.2, 0) is 15.9 Å². The van der Waals surface area contributed by atoms with Crippen molar-refractivity contribution in [3.63, 3.8) is 0 Å². The molecule has 2 atom stereocenters. The average molecular weight is 332 g/mol. The Bertz CT molecular complexity index is 545. The first-order valence-electron chi connectivity index (χ1n) is 8.86. The van der Waals surface area contributed by atoms with E-state index in [9.17, 15) is 4.79 Å². The molecule has 0 radical (unpaired) electrons.